The summed E-state index contributed by atoms with van der Waals surface area (Å²) in [5.41, 5.74) is 0.362. The molecule has 0 spiro atoms. The van der Waals surface area contributed by atoms with E-state index in [1.165, 1.54) is 39.5 Å². The van der Waals surface area contributed by atoms with Crippen molar-refractivity contribution in [3.8, 4) is 17.2 Å². The number of hydrogen-bond acceptors (Lipinski definition) is 7. The Hall–Kier alpha value is -3.82. The lowest BCUT2D eigenvalue weighted by molar-refractivity contribution is -0.385. The Morgan fingerprint density at radius 1 is 0.806 bits per heavy atom. The first-order chi connectivity index (χ1) is 14.9. The Balaban J connectivity index is 1.69. The second kappa shape index (κ2) is 9.33. The minimum atomic E-state index is -0.589. The second-order valence-corrected chi connectivity index (χ2v) is 6.83. The molecule has 10 nitrogen and oxygen atoms in total. The highest BCUT2D eigenvalue weighted by atomic mass is 16.6. The highest BCUT2D eigenvalue weighted by molar-refractivity contribution is 5.97. The van der Waals surface area contributed by atoms with Crippen LogP contribution in [0.1, 0.15) is 20.7 Å². The number of nitrogens with zero attached hydrogens (tertiary/aromatic N) is 3. The number of amides is 2. The molecule has 1 aliphatic heterocycles. The molecule has 0 atom stereocenters. The Labute approximate surface area is 179 Å². The van der Waals surface area contributed by atoms with Crippen LogP contribution in [0.5, 0.6) is 17.2 Å². The highest BCUT2D eigenvalue weighted by Gasteiger charge is 2.27. The van der Waals surface area contributed by atoms with Crippen molar-refractivity contribution in [2.45, 2.75) is 0 Å². The van der Waals surface area contributed by atoms with Gasteiger partial charge in [-0.1, -0.05) is 0 Å². The third kappa shape index (κ3) is 4.68. The van der Waals surface area contributed by atoms with Gasteiger partial charge in [-0.3, -0.25) is 19.7 Å². The third-order valence-electron chi connectivity index (χ3n) is 5.07. The molecular formula is C21H23N3O7. The van der Waals surface area contributed by atoms with E-state index in [2.05, 4.69) is 0 Å². The Morgan fingerprint density at radius 3 is 1.77 bits per heavy atom. The molecule has 2 aromatic carbocycles. The highest BCUT2D eigenvalue weighted by Crippen LogP contribution is 2.28. The maximum atomic E-state index is 12.9. The summed E-state index contributed by atoms with van der Waals surface area (Å²) in [5, 5.41) is 11.2. The molecule has 1 aliphatic rings. The number of ether oxygens (including phenoxy) is 3. The topological polar surface area (TPSA) is 111 Å². The molecule has 2 aromatic rings. The molecule has 1 fully saturated rings. The summed E-state index contributed by atoms with van der Waals surface area (Å²) in [6.45, 7) is 1.29. The van der Waals surface area contributed by atoms with Crippen LogP contribution in [0, 0.1) is 10.1 Å². The van der Waals surface area contributed by atoms with E-state index in [9.17, 15) is 19.7 Å². The fraction of sp³-hybridized carbons (Fsp3) is 0.333. The molecule has 0 aromatic heterocycles. The molecule has 3 rings (SSSR count). The van der Waals surface area contributed by atoms with E-state index >= 15 is 0 Å². The maximum absolute atomic E-state index is 12.9. The number of piperazine rings is 1. The lowest BCUT2D eigenvalue weighted by Gasteiger charge is -2.35. The molecule has 0 radical (unpaired) electrons. The van der Waals surface area contributed by atoms with Crippen molar-refractivity contribution < 1.29 is 28.7 Å². The van der Waals surface area contributed by atoms with Crippen molar-refractivity contribution in [1.82, 2.24) is 9.80 Å². The Kier molecular flexibility index (Phi) is 6.58. The summed E-state index contributed by atoms with van der Waals surface area (Å²) < 4.78 is 15.4. The second-order valence-electron chi connectivity index (χ2n) is 6.83. The van der Waals surface area contributed by atoms with Crippen LogP contribution in [0.25, 0.3) is 0 Å². The Morgan fingerprint density at radius 2 is 1.32 bits per heavy atom. The van der Waals surface area contributed by atoms with Crippen LogP contribution in [-0.2, 0) is 0 Å². The molecule has 0 aliphatic carbocycles. The van der Waals surface area contributed by atoms with Gasteiger partial charge >= 0.3 is 5.69 Å². The summed E-state index contributed by atoms with van der Waals surface area (Å²) in [6.07, 6.45) is 0. The molecule has 0 saturated carbocycles. The summed E-state index contributed by atoms with van der Waals surface area (Å²) >= 11 is 0. The largest absolute Gasteiger partial charge is 0.497 e. The molecule has 164 valence electrons. The van der Waals surface area contributed by atoms with Crippen molar-refractivity contribution in [3.63, 3.8) is 0 Å². The molecule has 0 unspecified atom stereocenters. The fourth-order valence-corrected chi connectivity index (χ4v) is 3.37. The minimum absolute atomic E-state index is 0.0886. The van der Waals surface area contributed by atoms with Crippen LogP contribution in [-0.4, -0.2) is 74.0 Å². The number of carbonyl (C=O) groups excluding carboxylic acids is 2. The molecule has 1 heterocycles. The summed E-state index contributed by atoms with van der Waals surface area (Å²) in [7, 11) is 4.35. The number of carbonyl (C=O) groups is 2. The summed E-state index contributed by atoms with van der Waals surface area (Å²) in [5.74, 6) is 0.589. The van der Waals surface area contributed by atoms with Crippen molar-refractivity contribution in [2.75, 3.05) is 47.5 Å². The average Bonchev–Trinajstić information content (AvgIpc) is 2.82. The molecule has 31 heavy (non-hydrogen) atoms. The van der Waals surface area contributed by atoms with Crippen LogP contribution in [0.4, 0.5) is 5.69 Å². The van der Waals surface area contributed by atoms with Gasteiger partial charge in [-0.25, -0.2) is 0 Å². The summed E-state index contributed by atoms with van der Waals surface area (Å²) in [4.78, 5) is 39.6. The first-order valence-electron chi connectivity index (χ1n) is 9.52. The lowest BCUT2D eigenvalue weighted by atomic mass is 10.1. The van der Waals surface area contributed by atoms with Gasteiger partial charge in [0.2, 0.25) is 0 Å². The van der Waals surface area contributed by atoms with Gasteiger partial charge in [0.25, 0.3) is 11.8 Å². The van der Waals surface area contributed by atoms with Gasteiger partial charge in [0.15, 0.2) is 5.75 Å². The van der Waals surface area contributed by atoms with E-state index in [-0.39, 0.29) is 28.8 Å². The Bertz CT molecular complexity index is 978. The fourth-order valence-electron chi connectivity index (χ4n) is 3.37. The summed E-state index contributed by atoms with van der Waals surface area (Å²) in [6, 6.07) is 9.07. The average molecular weight is 429 g/mol. The molecule has 1 saturated heterocycles. The third-order valence-corrected chi connectivity index (χ3v) is 5.07. The molecule has 2 amide bonds. The normalized spacial score (nSPS) is 13.5. The van der Waals surface area contributed by atoms with E-state index in [0.29, 0.717) is 43.2 Å². The number of nitro groups is 1. The number of methoxy groups -OCH3 is 3. The zero-order valence-corrected chi connectivity index (χ0v) is 17.5. The predicted molar refractivity (Wildman–Crippen MR) is 111 cm³/mol. The predicted octanol–water partition coefficient (Wildman–Crippen LogP) is 2.22. The molecule has 0 N–H and O–H groups in total. The van der Waals surface area contributed by atoms with Gasteiger partial charge in [0.05, 0.1) is 26.3 Å². The number of hydrogen-bond donors (Lipinski definition) is 0. The van der Waals surface area contributed by atoms with Crippen LogP contribution in [0.15, 0.2) is 36.4 Å². The van der Waals surface area contributed by atoms with E-state index in [1.807, 2.05) is 0 Å². The molecule has 0 bridgehead atoms. The van der Waals surface area contributed by atoms with E-state index in [4.69, 9.17) is 14.2 Å². The van der Waals surface area contributed by atoms with Crippen molar-refractivity contribution in [2.24, 2.45) is 0 Å². The van der Waals surface area contributed by atoms with Crippen molar-refractivity contribution in [1.29, 1.82) is 0 Å². The zero-order chi connectivity index (χ0) is 22.5. The maximum Gasteiger partial charge on any atom is 0.311 e. The molecule has 10 heteroatoms. The van der Waals surface area contributed by atoms with Crippen molar-refractivity contribution >= 4 is 17.5 Å². The lowest BCUT2D eigenvalue weighted by Crippen LogP contribution is -2.50. The van der Waals surface area contributed by atoms with Crippen molar-refractivity contribution in [3.05, 3.63) is 57.6 Å². The van der Waals surface area contributed by atoms with Crippen LogP contribution < -0.4 is 14.2 Å². The van der Waals surface area contributed by atoms with E-state index in [0.717, 1.165) is 0 Å². The first kappa shape index (κ1) is 21.9. The van der Waals surface area contributed by atoms with Gasteiger partial charge in [0, 0.05) is 49.4 Å². The van der Waals surface area contributed by atoms with Gasteiger partial charge in [-0.2, -0.15) is 0 Å². The first-order valence-corrected chi connectivity index (χ1v) is 9.52. The van der Waals surface area contributed by atoms with E-state index < -0.39 is 4.92 Å². The van der Waals surface area contributed by atoms with Crippen LogP contribution >= 0.6 is 0 Å². The quantitative estimate of drug-likeness (QED) is 0.511. The standard InChI is InChI=1S/C21H23N3O7/c1-29-16-10-15(11-17(13-16)30-2)21(26)23-8-6-22(7-9-23)20(25)14-4-5-19(31-3)18(12-14)24(27)28/h4-5,10-13H,6-9H2,1-3H3. The smallest absolute Gasteiger partial charge is 0.311 e. The van der Waals surface area contributed by atoms with Crippen LogP contribution in [0.2, 0.25) is 0 Å². The van der Waals surface area contributed by atoms with Gasteiger partial charge in [-0.05, 0) is 24.3 Å². The number of nitro benzene ring substituents is 1. The van der Waals surface area contributed by atoms with Gasteiger partial charge in [0.1, 0.15) is 11.5 Å². The van der Waals surface area contributed by atoms with Gasteiger partial charge < -0.3 is 24.0 Å². The van der Waals surface area contributed by atoms with Crippen LogP contribution in [0.3, 0.4) is 0 Å². The minimum Gasteiger partial charge on any atom is -0.497 e. The van der Waals surface area contributed by atoms with E-state index in [1.54, 1.807) is 28.0 Å². The monoisotopic (exact) mass is 429 g/mol. The SMILES string of the molecule is COc1cc(OC)cc(C(=O)N2CCN(C(=O)c3ccc(OC)c([N+](=O)[O-])c3)CC2)c1. The molecular weight excluding hydrogens is 406 g/mol. The number of rotatable bonds is 6. The zero-order valence-electron chi connectivity index (χ0n) is 17.5. The van der Waals surface area contributed by atoms with Gasteiger partial charge in [-0.15, -0.1) is 0 Å². The number of benzene rings is 2.